The Kier molecular flexibility index (Phi) is 4.30. The van der Waals surface area contributed by atoms with Crippen molar-refractivity contribution in [1.82, 2.24) is 9.78 Å². The van der Waals surface area contributed by atoms with Gasteiger partial charge in [-0.2, -0.15) is 5.10 Å². The summed E-state index contributed by atoms with van der Waals surface area (Å²) in [5.74, 6) is 0.577. The zero-order valence-electron chi connectivity index (χ0n) is 11.3. The number of aromatic nitrogens is 2. The lowest BCUT2D eigenvalue weighted by atomic mass is 9.85. The van der Waals surface area contributed by atoms with Crippen LogP contribution in [0.2, 0.25) is 0 Å². The summed E-state index contributed by atoms with van der Waals surface area (Å²) in [6.07, 6.45) is 5.24. The minimum absolute atomic E-state index is 0.134. The van der Waals surface area contributed by atoms with Gasteiger partial charge in [0.15, 0.2) is 0 Å². The highest BCUT2D eigenvalue weighted by Crippen LogP contribution is 2.27. The Balaban J connectivity index is 2.16. The molecular formula is C13H20BrN3O2. The first kappa shape index (κ1) is 14.5. The molecule has 2 N–H and O–H groups in total. The summed E-state index contributed by atoms with van der Waals surface area (Å²) in [5.41, 5.74) is -0.532. The van der Waals surface area contributed by atoms with Gasteiger partial charge < -0.3 is 10.4 Å². The van der Waals surface area contributed by atoms with Crippen molar-refractivity contribution in [3.63, 3.8) is 0 Å². The van der Waals surface area contributed by atoms with Crippen LogP contribution in [0.15, 0.2) is 15.5 Å². The molecule has 0 bridgehead atoms. The predicted molar refractivity (Wildman–Crippen MR) is 78.3 cm³/mol. The molecule has 0 saturated heterocycles. The Hall–Kier alpha value is -0.880. The molecule has 106 valence electrons. The Morgan fingerprint density at radius 3 is 2.79 bits per heavy atom. The lowest BCUT2D eigenvalue weighted by Crippen LogP contribution is -2.35. The van der Waals surface area contributed by atoms with Crippen LogP contribution < -0.4 is 10.9 Å². The fourth-order valence-electron chi connectivity index (χ4n) is 1.98. The van der Waals surface area contributed by atoms with Crippen molar-refractivity contribution < 1.29 is 5.11 Å². The van der Waals surface area contributed by atoms with Crippen LogP contribution in [0.5, 0.6) is 0 Å². The van der Waals surface area contributed by atoms with Crippen molar-refractivity contribution in [3.05, 3.63) is 21.0 Å². The molecule has 1 aromatic heterocycles. The molecule has 19 heavy (non-hydrogen) atoms. The summed E-state index contributed by atoms with van der Waals surface area (Å²) < 4.78 is 2.15. The van der Waals surface area contributed by atoms with E-state index in [1.807, 2.05) is 0 Å². The molecule has 0 amide bonds. The van der Waals surface area contributed by atoms with E-state index in [2.05, 4.69) is 26.3 Å². The second kappa shape index (κ2) is 5.63. The van der Waals surface area contributed by atoms with Gasteiger partial charge in [-0.3, -0.25) is 4.79 Å². The Bertz CT molecular complexity index is 504. The average Bonchev–Trinajstić information content (AvgIpc) is 2.24. The number of rotatable bonds is 5. The van der Waals surface area contributed by atoms with Crippen LogP contribution in [-0.4, -0.2) is 27.0 Å². The maximum Gasteiger partial charge on any atom is 0.291 e. The predicted octanol–water partition coefficient (Wildman–Crippen LogP) is 1.99. The van der Waals surface area contributed by atoms with Crippen molar-refractivity contribution in [2.45, 2.75) is 45.3 Å². The summed E-state index contributed by atoms with van der Waals surface area (Å²) in [6, 6.07) is 0. The molecule has 0 aromatic carbocycles. The minimum atomic E-state index is -0.867. The molecule has 1 aromatic rings. The molecule has 2 rings (SSSR count). The van der Waals surface area contributed by atoms with E-state index in [1.54, 1.807) is 20.0 Å². The Labute approximate surface area is 121 Å². The largest absolute Gasteiger partial charge is 0.389 e. The zero-order chi connectivity index (χ0) is 14.0. The van der Waals surface area contributed by atoms with Crippen molar-refractivity contribution >= 4 is 21.6 Å². The van der Waals surface area contributed by atoms with E-state index in [0.29, 0.717) is 29.2 Å². The monoisotopic (exact) mass is 329 g/mol. The van der Waals surface area contributed by atoms with E-state index in [0.717, 1.165) is 0 Å². The van der Waals surface area contributed by atoms with Crippen LogP contribution in [0.1, 0.15) is 33.1 Å². The van der Waals surface area contributed by atoms with Gasteiger partial charge in [-0.15, -0.1) is 0 Å². The lowest BCUT2D eigenvalue weighted by Gasteiger charge is -2.25. The second-order valence-electron chi connectivity index (χ2n) is 5.82. The first-order valence-corrected chi connectivity index (χ1v) is 7.38. The van der Waals surface area contributed by atoms with Gasteiger partial charge in [0.1, 0.15) is 5.69 Å². The zero-order valence-corrected chi connectivity index (χ0v) is 12.9. The molecule has 1 fully saturated rings. The smallest absolute Gasteiger partial charge is 0.291 e. The number of nitrogens with one attached hydrogen (secondary N) is 1. The van der Waals surface area contributed by atoms with Gasteiger partial charge in [0.2, 0.25) is 0 Å². The van der Waals surface area contributed by atoms with Gasteiger partial charge in [-0.25, -0.2) is 4.68 Å². The van der Waals surface area contributed by atoms with E-state index in [9.17, 15) is 9.90 Å². The van der Waals surface area contributed by atoms with E-state index >= 15 is 0 Å². The number of aliphatic hydroxyl groups is 1. The van der Waals surface area contributed by atoms with Gasteiger partial charge in [-0.05, 0) is 48.5 Å². The SMILES string of the molecule is CC(C)(O)CNc1c(Br)cnn(CC2CCC2)c1=O. The molecule has 1 saturated carbocycles. The quantitative estimate of drug-likeness (QED) is 0.866. The molecule has 1 aliphatic rings. The van der Waals surface area contributed by atoms with E-state index < -0.39 is 5.60 Å². The number of anilines is 1. The van der Waals surface area contributed by atoms with Gasteiger partial charge in [0.05, 0.1) is 16.3 Å². The molecular weight excluding hydrogens is 310 g/mol. The molecule has 0 atom stereocenters. The average molecular weight is 330 g/mol. The second-order valence-corrected chi connectivity index (χ2v) is 6.67. The molecule has 0 unspecified atom stereocenters. The third-order valence-corrected chi connectivity index (χ3v) is 3.95. The van der Waals surface area contributed by atoms with E-state index in [1.165, 1.54) is 23.9 Å². The molecule has 5 nitrogen and oxygen atoms in total. The molecule has 0 aliphatic heterocycles. The summed E-state index contributed by atoms with van der Waals surface area (Å²) in [5, 5.41) is 16.9. The molecule has 1 heterocycles. The lowest BCUT2D eigenvalue weighted by molar-refractivity contribution is 0.0944. The Morgan fingerprint density at radius 1 is 1.58 bits per heavy atom. The molecule has 6 heteroatoms. The van der Waals surface area contributed by atoms with Crippen LogP contribution >= 0.6 is 15.9 Å². The highest BCUT2D eigenvalue weighted by Gasteiger charge is 2.21. The van der Waals surface area contributed by atoms with Crippen LogP contribution in [-0.2, 0) is 6.54 Å². The first-order valence-electron chi connectivity index (χ1n) is 6.59. The number of hydrogen-bond donors (Lipinski definition) is 2. The van der Waals surface area contributed by atoms with Crippen LogP contribution in [0.3, 0.4) is 0 Å². The fourth-order valence-corrected chi connectivity index (χ4v) is 2.38. The number of halogens is 1. The standard InChI is InChI=1S/C13H20BrN3O2/c1-13(2,19)8-15-11-10(14)6-16-17(12(11)18)7-9-4-3-5-9/h6,9,15,19H,3-5,7-8H2,1-2H3. The molecule has 0 radical (unpaired) electrons. The van der Waals surface area contributed by atoms with E-state index in [4.69, 9.17) is 0 Å². The van der Waals surface area contributed by atoms with E-state index in [-0.39, 0.29) is 5.56 Å². The molecule has 0 spiro atoms. The van der Waals surface area contributed by atoms with Crippen molar-refractivity contribution in [2.24, 2.45) is 5.92 Å². The van der Waals surface area contributed by atoms with Gasteiger partial charge in [-0.1, -0.05) is 6.42 Å². The summed E-state index contributed by atoms with van der Waals surface area (Å²) in [4.78, 5) is 12.3. The topological polar surface area (TPSA) is 67.2 Å². The minimum Gasteiger partial charge on any atom is -0.389 e. The van der Waals surface area contributed by atoms with Gasteiger partial charge in [0.25, 0.3) is 5.56 Å². The normalized spacial score (nSPS) is 16.2. The van der Waals surface area contributed by atoms with Gasteiger partial charge >= 0.3 is 0 Å². The highest BCUT2D eigenvalue weighted by molar-refractivity contribution is 9.10. The van der Waals surface area contributed by atoms with Crippen molar-refractivity contribution in [2.75, 3.05) is 11.9 Å². The maximum absolute atomic E-state index is 12.3. The highest BCUT2D eigenvalue weighted by atomic mass is 79.9. The summed E-state index contributed by atoms with van der Waals surface area (Å²) >= 11 is 3.33. The maximum atomic E-state index is 12.3. The number of hydrogen-bond acceptors (Lipinski definition) is 4. The summed E-state index contributed by atoms with van der Waals surface area (Å²) in [6.45, 7) is 4.39. The molecule has 1 aliphatic carbocycles. The Morgan fingerprint density at radius 2 is 2.26 bits per heavy atom. The first-order chi connectivity index (χ1) is 8.87. The van der Waals surface area contributed by atoms with Crippen LogP contribution in [0, 0.1) is 5.92 Å². The van der Waals surface area contributed by atoms with Crippen molar-refractivity contribution in [1.29, 1.82) is 0 Å². The third kappa shape index (κ3) is 3.79. The summed E-state index contributed by atoms with van der Waals surface area (Å²) in [7, 11) is 0. The third-order valence-electron chi connectivity index (χ3n) is 3.35. The van der Waals surface area contributed by atoms with Crippen LogP contribution in [0.4, 0.5) is 5.69 Å². The number of nitrogens with zero attached hydrogens (tertiary/aromatic N) is 2. The van der Waals surface area contributed by atoms with Crippen molar-refractivity contribution in [3.8, 4) is 0 Å². The van der Waals surface area contributed by atoms with Gasteiger partial charge in [0, 0.05) is 13.1 Å². The van der Waals surface area contributed by atoms with Crippen LogP contribution in [0.25, 0.3) is 0 Å². The fraction of sp³-hybridized carbons (Fsp3) is 0.692.